The molecule has 0 fully saturated rings. The lowest BCUT2D eigenvalue weighted by Gasteiger charge is -2.17. The Morgan fingerprint density at radius 3 is 2.41 bits per heavy atom. The highest BCUT2D eigenvalue weighted by molar-refractivity contribution is 14.1. The summed E-state index contributed by atoms with van der Waals surface area (Å²) in [5, 5.41) is 5.08. The summed E-state index contributed by atoms with van der Waals surface area (Å²) in [4.78, 5) is 30.0. The van der Waals surface area contributed by atoms with Gasteiger partial charge in [0, 0.05) is 12.5 Å². The SMILES string of the molecule is COc1cc(C)c(-c2nc3ccccc3c(=O)n2N=Cc2cc(I)c(OC(C)=O)c(I)c2)cc1C(C)C. The lowest BCUT2D eigenvalue weighted by molar-refractivity contribution is -0.132. The van der Waals surface area contributed by atoms with E-state index in [1.807, 2.05) is 49.4 Å². The predicted molar refractivity (Wildman–Crippen MR) is 163 cm³/mol. The third kappa shape index (κ3) is 5.71. The fourth-order valence-corrected chi connectivity index (χ4v) is 6.03. The number of para-hydroxylation sites is 1. The molecule has 190 valence electrons. The molecule has 0 spiro atoms. The summed E-state index contributed by atoms with van der Waals surface area (Å²) >= 11 is 4.24. The Morgan fingerprint density at radius 1 is 1.11 bits per heavy atom. The number of halogens is 2. The molecule has 1 heterocycles. The molecular formula is C28H25I2N3O4. The number of carbonyl (C=O) groups is 1. The molecule has 0 aliphatic heterocycles. The lowest BCUT2D eigenvalue weighted by atomic mass is 9.96. The number of hydrogen-bond donors (Lipinski definition) is 0. The second-order valence-electron chi connectivity index (χ2n) is 8.79. The van der Waals surface area contributed by atoms with Crippen molar-refractivity contribution in [2.24, 2.45) is 5.10 Å². The maximum atomic E-state index is 13.6. The number of esters is 1. The summed E-state index contributed by atoms with van der Waals surface area (Å²) in [6, 6.07) is 14.9. The van der Waals surface area contributed by atoms with Crippen LogP contribution in [0, 0.1) is 14.1 Å². The Balaban J connectivity index is 1.93. The molecule has 0 aliphatic carbocycles. The number of rotatable bonds is 6. The number of ether oxygens (including phenoxy) is 2. The molecule has 3 aromatic carbocycles. The fraction of sp³-hybridized carbons (Fsp3) is 0.214. The highest BCUT2D eigenvalue weighted by Gasteiger charge is 2.18. The summed E-state index contributed by atoms with van der Waals surface area (Å²) < 4.78 is 13.8. The molecule has 0 saturated heterocycles. The van der Waals surface area contributed by atoms with E-state index >= 15 is 0 Å². The monoisotopic (exact) mass is 721 g/mol. The molecule has 0 atom stereocenters. The number of aryl methyl sites for hydroxylation is 1. The number of methoxy groups -OCH3 is 1. The van der Waals surface area contributed by atoms with Gasteiger partial charge in [-0.2, -0.15) is 9.78 Å². The van der Waals surface area contributed by atoms with Crippen LogP contribution in [0.2, 0.25) is 0 Å². The zero-order valence-corrected chi connectivity index (χ0v) is 25.3. The Labute approximate surface area is 242 Å². The van der Waals surface area contributed by atoms with Gasteiger partial charge in [0.15, 0.2) is 11.6 Å². The van der Waals surface area contributed by atoms with Crippen LogP contribution in [0.25, 0.3) is 22.3 Å². The summed E-state index contributed by atoms with van der Waals surface area (Å²) in [5.74, 6) is 1.57. The van der Waals surface area contributed by atoms with Gasteiger partial charge in [-0.15, -0.1) is 0 Å². The zero-order valence-electron chi connectivity index (χ0n) is 21.0. The minimum Gasteiger partial charge on any atom is -0.496 e. The number of benzene rings is 3. The number of aromatic nitrogens is 2. The molecule has 0 radical (unpaired) electrons. The maximum absolute atomic E-state index is 13.6. The van der Waals surface area contributed by atoms with Crippen LogP contribution in [0.1, 0.15) is 43.4 Å². The molecule has 0 aliphatic rings. The topological polar surface area (TPSA) is 82.8 Å². The minimum atomic E-state index is -0.383. The number of nitrogens with zero attached hydrogens (tertiary/aromatic N) is 3. The van der Waals surface area contributed by atoms with Crippen molar-refractivity contribution in [1.29, 1.82) is 0 Å². The summed E-state index contributed by atoms with van der Waals surface area (Å²) in [6.45, 7) is 7.53. The normalized spacial score (nSPS) is 11.5. The van der Waals surface area contributed by atoms with Crippen molar-refractivity contribution < 1.29 is 14.3 Å². The smallest absolute Gasteiger partial charge is 0.308 e. The van der Waals surface area contributed by atoms with Crippen LogP contribution in [0.3, 0.4) is 0 Å². The third-order valence-corrected chi connectivity index (χ3v) is 7.38. The molecule has 0 saturated carbocycles. The first-order valence-electron chi connectivity index (χ1n) is 11.5. The van der Waals surface area contributed by atoms with Gasteiger partial charge in [0.05, 0.1) is 31.4 Å². The molecule has 0 bridgehead atoms. The van der Waals surface area contributed by atoms with Crippen molar-refractivity contribution in [1.82, 2.24) is 9.66 Å². The van der Waals surface area contributed by atoms with E-state index < -0.39 is 0 Å². The van der Waals surface area contributed by atoms with Crippen LogP contribution < -0.4 is 15.0 Å². The highest BCUT2D eigenvalue weighted by Crippen LogP contribution is 2.34. The van der Waals surface area contributed by atoms with Gasteiger partial charge in [-0.05, 0) is 111 Å². The highest BCUT2D eigenvalue weighted by atomic mass is 127. The summed E-state index contributed by atoms with van der Waals surface area (Å²) in [7, 11) is 1.66. The molecule has 4 aromatic rings. The summed E-state index contributed by atoms with van der Waals surface area (Å²) in [6.07, 6.45) is 1.62. The van der Waals surface area contributed by atoms with Gasteiger partial charge in [0.2, 0.25) is 0 Å². The number of carbonyl (C=O) groups excluding carboxylic acids is 1. The standard InChI is InChI=1S/C28H25I2N3O4/c1-15(2)20-13-21(16(3)10-25(20)36-5)27-32-24-9-7-6-8-19(24)28(35)33(27)31-14-18-11-22(29)26(23(30)12-18)37-17(4)34/h6-15H,1-5H3. The Morgan fingerprint density at radius 2 is 1.78 bits per heavy atom. The first kappa shape index (κ1) is 27.2. The molecule has 0 amide bonds. The average molecular weight is 721 g/mol. The molecule has 4 rings (SSSR count). The second-order valence-corrected chi connectivity index (χ2v) is 11.1. The van der Waals surface area contributed by atoms with Crippen LogP contribution in [0.4, 0.5) is 0 Å². The largest absolute Gasteiger partial charge is 0.496 e. The molecule has 9 heteroatoms. The first-order chi connectivity index (χ1) is 17.6. The maximum Gasteiger partial charge on any atom is 0.308 e. The predicted octanol–water partition coefficient (Wildman–Crippen LogP) is 6.52. The third-order valence-electron chi connectivity index (χ3n) is 5.78. The van der Waals surface area contributed by atoms with Crippen molar-refractivity contribution in [2.75, 3.05) is 7.11 Å². The van der Waals surface area contributed by atoms with Gasteiger partial charge >= 0.3 is 5.97 Å². The molecular weight excluding hydrogens is 696 g/mol. The van der Waals surface area contributed by atoms with Crippen LogP contribution >= 0.6 is 45.2 Å². The molecule has 1 aromatic heterocycles. The van der Waals surface area contributed by atoms with Gasteiger partial charge in [-0.3, -0.25) is 9.59 Å². The lowest BCUT2D eigenvalue weighted by Crippen LogP contribution is -2.21. The molecule has 0 unspecified atom stereocenters. The number of fused-ring (bicyclic) bond motifs is 1. The Bertz CT molecular complexity index is 1590. The Hall–Kier alpha value is -2.80. The van der Waals surface area contributed by atoms with E-state index in [9.17, 15) is 9.59 Å². The quantitative estimate of drug-likeness (QED) is 0.0981. The van der Waals surface area contributed by atoms with E-state index in [1.54, 1.807) is 19.4 Å². The Kier molecular flexibility index (Phi) is 8.32. The van der Waals surface area contributed by atoms with Gasteiger partial charge in [-0.25, -0.2) is 4.98 Å². The zero-order chi connectivity index (χ0) is 26.9. The summed E-state index contributed by atoms with van der Waals surface area (Å²) in [5.41, 5.74) is 3.83. The van der Waals surface area contributed by atoms with Crippen LogP contribution in [0.15, 0.2) is 58.4 Å². The minimum absolute atomic E-state index is 0.207. The van der Waals surface area contributed by atoms with Gasteiger partial charge in [0.25, 0.3) is 5.56 Å². The van der Waals surface area contributed by atoms with Gasteiger partial charge in [-0.1, -0.05) is 26.0 Å². The van der Waals surface area contributed by atoms with Gasteiger partial charge in [0.1, 0.15) is 5.75 Å². The van der Waals surface area contributed by atoms with Crippen molar-refractivity contribution in [2.45, 2.75) is 33.6 Å². The van der Waals surface area contributed by atoms with Crippen LogP contribution in [0.5, 0.6) is 11.5 Å². The van der Waals surface area contributed by atoms with Crippen LogP contribution in [-0.4, -0.2) is 29.0 Å². The van der Waals surface area contributed by atoms with E-state index in [2.05, 4.69) is 64.1 Å². The molecule has 0 N–H and O–H groups in total. The van der Waals surface area contributed by atoms with Crippen LogP contribution in [-0.2, 0) is 4.79 Å². The van der Waals surface area contributed by atoms with E-state index in [4.69, 9.17) is 14.5 Å². The van der Waals surface area contributed by atoms with E-state index in [0.29, 0.717) is 22.5 Å². The fourth-order valence-electron chi connectivity index (χ4n) is 3.99. The average Bonchev–Trinajstić information content (AvgIpc) is 2.85. The number of hydrogen-bond acceptors (Lipinski definition) is 6. The second kappa shape index (κ2) is 11.3. The first-order valence-corrected chi connectivity index (χ1v) is 13.7. The van der Waals surface area contributed by atoms with E-state index in [0.717, 1.165) is 35.1 Å². The van der Waals surface area contributed by atoms with Crippen molar-refractivity contribution >= 4 is 68.3 Å². The van der Waals surface area contributed by atoms with Crippen molar-refractivity contribution in [3.63, 3.8) is 0 Å². The van der Waals surface area contributed by atoms with Gasteiger partial charge < -0.3 is 9.47 Å². The van der Waals surface area contributed by atoms with E-state index in [1.165, 1.54) is 11.6 Å². The van der Waals surface area contributed by atoms with E-state index in [-0.39, 0.29) is 17.4 Å². The van der Waals surface area contributed by atoms with Crippen molar-refractivity contribution in [3.8, 4) is 22.9 Å². The molecule has 37 heavy (non-hydrogen) atoms. The van der Waals surface area contributed by atoms with Crippen molar-refractivity contribution in [3.05, 3.63) is 82.7 Å². The molecule has 7 nitrogen and oxygen atoms in total.